The number of fused-ring (bicyclic) bond motifs is 3. The van der Waals surface area contributed by atoms with Crippen molar-refractivity contribution in [3.63, 3.8) is 0 Å². The van der Waals surface area contributed by atoms with Crippen LogP contribution in [0.4, 0.5) is 0 Å². The van der Waals surface area contributed by atoms with Gasteiger partial charge in [0.25, 0.3) is 5.56 Å². The molecule has 118 valence electrons. The molecule has 0 radical (unpaired) electrons. The Morgan fingerprint density at radius 3 is 2.62 bits per heavy atom. The van der Waals surface area contributed by atoms with Crippen LogP contribution in [0.5, 0.6) is 0 Å². The van der Waals surface area contributed by atoms with Gasteiger partial charge in [0.1, 0.15) is 16.9 Å². The lowest BCUT2D eigenvalue weighted by molar-refractivity contribution is 0.769. The quantitative estimate of drug-likeness (QED) is 0.576. The zero-order valence-corrected chi connectivity index (χ0v) is 13.4. The molecule has 4 aromatic rings. The zero-order chi connectivity index (χ0) is 16.7. The summed E-state index contributed by atoms with van der Waals surface area (Å²) in [6, 6.07) is 15.7. The minimum atomic E-state index is -0.197. The van der Waals surface area contributed by atoms with Crippen LogP contribution in [0.15, 0.2) is 58.4 Å². The van der Waals surface area contributed by atoms with Gasteiger partial charge < -0.3 is 4.98 Å². The molecule has 2 aromatic carbocycles. The molecule has 0 bridgehead atoms. The van der Waals surface area contributed by atoms with Gasteiger partial charge in [0, 0.05) is 10.9 Å². The van der Waals surface area contributed by atoms with E-state index >= 15 is 0 Å². The van der Waals surface area contributed by atoms with Crippen molar-refractivity contribution in [1.82, 2.24) is 14.6 Å². The van der Waals surface area contributed by atoms with Crippen molar-refractivity contribution in [2.24, 2.45) is 5.10 Å². The number of aryl methyl sites for hydroxylation is 2. The molecule has 2 heterocycles. The molecule has 0 amide bonds. The molecule has 0 fully saturated rings. The van der Waals surface area contributed by atoms with Crippen LogP contribution in [0, 0.1) is 13.8 Å². The average Bonchev–Trinajstić information content (AvgIpc) is 2.95. The van der Waals surface area contributed by atoms with E-state index in [0.717, 1.165) is 16.5 Å². The highest BCUT2D eigenvalue weighted by Crippen LogP contribution is 2.21. The highest BCUT2D eigenvalue weighted by Gasteiger charge is 2.12. The van der Waals surface area contributed by atoms with Gasteiger partial charge in [-0.2, -0.15) is 9.78 Å². The number of aromatic amines is 1. The second-order valence-electron chi connectivity index (χ2n) is 5.83. The van der Waals surface area contributed by atoms with E-state index < -0.39 is 0 Å². The molecule has 0 aliphatic rings. The van der Waals surface area contributed by atoms with Crippen molar-refractivity contribution >= 4 is 28.2 Å². The van der Waals surface area contributed by atoms with Crippen molar-refractivity contribution in [2.75, 3.05) is 0 Å². The predicted octanol–water partition coefficient (Wildman–Crippen LogP) is 3.38. The van der Waals surface area contributed by atoms with E-state index in [2.05, 4.69) is 15.1 Å². The second kappa shape index (κ2) is 5.45. The Kier molecular flexibility index (Phi) is 3.27. The molecule has 0 unspecified atom stereocenters. The Labute approximate surface area is 138 Å². The Morgan fingerprint density at radius 2 is 1.83 bits per heavy atom. The first-order valence-electron chi connectivity index (χ1n) is 7.74. The van der Waals surface area contributed by atoms with Crippen molar-refractivity contribution in [3.05, 3.63) is 75.8 Å². The van der Waals surface area contributed by atoms with Gasteiger partial charge in [-0.05, 0) is 25.5 Å². The molecule has 0 aliphatic heterocycles. The van der Waals surface area contributed by atoms with Crippen molar-refractivity contribution in [2.45, 2.75) is 13.8 Å². The van der Waals surface area contributed by atoms with E-state index in [1.54, 1.807) is 13.1 Å². The second-order valence-corrected chi connectivity index (χ2v) is 5.83. The van der Waals surface area contributed by atoms with Gasteiger partial charge in [-0.3, -0.25) is 4.79 Å². The zero-order valence-electron chi connectivity index (χ0n) is 13.4. The van der Waals surface area contributed by atoms with Gasteiger partial charge in [0.15, 0.2) is 0 Å². The van der Waals surface area contributed by atoms with Crippen molar-refractivity contribution < 1.29 is 0 Å². The molecule has 0 spiro atoms. The summed E-state index contributed by atoms with van der Waals surface area (Å²) in [7, 11) is 0. The maximum Gasteiger partial charge on any atom is 0.298 e. The van der Waals surface area contributed by atoms with Crippen LogP contribution in [0.2, 0.25) is 0 Å². The Bertz CT molecular complexity index is 1130. The number of aromatic nitrogens is 3. The topological polar surface area (TPSA) is 63.0 Å². The molecule has 24 heavy (non-hydrogen) atoms. The molecule has 4 rings (SSSR count). The monoisotopic (exact) mass is 316 g/mol. The first-order chi connectivity index (χ1) is 11.6. The van der Waals surface area contributed by atoms with Crippen molar-refractivity contribution in [1.29, 1.82) is 0 Å². The summed E-state index contributed by atoms with van der Waals surface area (Å²) < 4.78 is 1.33. The molecule has 0 aliphatic carbocycles. The third-order valence-electron chi connectivity index (χ3n) is 4.06. The maximum absolute atomic E-state index is 12.8. The van der Waals surface area contributed by atoms with Crippen LogP contribution >= 0.6 is 0 Å². The molecular formula is C19H16N4O. The standard InChI is InChI=1S/C19H16N4O/c1-12-7-9-14(10-8-12)11-20-23-13(2)21-17-15-5-3-4-6-16(15)22-18(17)19(23)24/h3-11,22H,1-2H3/b20-11-. The van der Waals surface area contributed by atoms with Crippen LogP contribution in [-0.2, 0) is 0 Å². The number of nitrogens with one attached hydrogen (secondary N) is 1. The molecule has 5 nitrogen and oxygen atoms in total. The van der Waals surface area contributed by atoms with Gasteiger partial charge in [-0.1, -0.05) is 48.0 Å². The van der Waals surface area contributed by atoms with E-state index in [1.165, 1.54) is 10.2 Å². The molecule has 1 N–H and O–H groups in total. The van der Waals surface area contributed by atoms with E-state index in [0.29, 0.717) is 16.9 Å². The number of para-hydroxylation sites is 1. The number of hydrogen-bond donors (Lipinski definition) is 1. The molecule has 2 aromatic heterocycles. The fourth-order valence-corrected chi connectivity index (χ4v) is 2.77. The summed E-state index contributed by atoms with van der Waals surface area (Å²) in [6.07, 6.45) is 1.67. The minimum Gasteiger partial charge on any atom is -0.349 e. The van der Waals surface area contributed by atoms with E-state index in [4.69, 9.17) is 0 Å². The summed E-state index contributed by atoms with van der Waals surface area (Å²) >= 11 is 0. The lowest BCUT2D eigenvalue weighted by atomic mass is 10.2. The molecule has 0 saturated heterocycles. The van der Waals surface area contributed by atoms with E-state index in [9.17, 15) is 4.79 Å². The normalized spacial score (nSPS) is 11.8. The Hall–Kier alpha value is -3.21. The number of rotatable bonds is 2. The highest BCUT2D eigenvalue weighted by molar-refractivity contribution is 6.04. The lowest BCUT2D eigenvalue weighted by Crippen LogP contribution is -2.20. The van der Waals surface area contributed by atoms with Crippen LogP contribution in [0.25, 0.3) is 21.9 Å². The fraction of sp³-hybridized carbons (Fsp3) is 0.105. The molecule has 0 atom stereocenters. The first-order valence-corrected chi connectivity index (χ1v) is 7.74. The number of benzene rings is 2. The van der Waals surface area contributed by atoms with Gasteiger partial charge in [0.2, 0.25) is 0 Å². The fourth-order valence-electron chi connectivity index (χ4n) is 2.77. The summed E-state index contributed by atoms with van der Waals surface area (Å²) in [5, 5.41) is 5.27. The Balaban J connectivity index is 1.88. The molecule has 0 saturated carbocycles. The predicted molar refractivity (Wildman–Crippen MR) is 96.8 cm³/mol. The van der Waals surface area contributed by atoms with Gasteiger partial charge in [-0.15, -0.1) is 0 Å². The summed E-state index contributed by atoms with van der Waals surface area (Å²) in [6.45, 7) is 3.82. The Morgan fingerprint density at radius 1 is 1.08 bits per heavy atom. The number of hydrogen-bond acceptors (Lipinski definition) is 3. The summed E-state index contributed by atoms with van der Waals surface area (Å²) in [5.41, 5.74) is 3.98. The third kappa shape index (κ3) is 2.31. The lowest BCUT2D eigenvalue weighted by Gasteiger charge is -2.03. The average molecular weight is 316 g/mol. The smallest absolute Gasteiger partial charge is 0.298 e. The van der Waals surface area contributed by atoms with Gasteiger partial charge in [-0.25, -0.2) is 4.98 Å². The summed E-state index contributed by atoms with van der Waals surface area (Å²) in [5.74, 6) is 0.556. The minimum absolute atomic E-state index is 0.197. The first kappa shape index (κ1) is 14.4. The van der Waals surface area contributed by atoms with Crippen LogP contribution in [0.3, 0.4) is 0 Å². The van der Waals surface area contributed by atoms with Crippen LogP contribution < -0.4 is 5.56 Å². The molecular weight excluding hydrogens is 300 g/mol. The van der Waals surface area contributed by atoms with E-state index in [-0.39, 0.29) is 5.56 Å². The SMILES string of the molecule is Cc1ccc(/C=N\n2c(C)nc3c([nH]c4ccccc43)c2=O)cc1. The van der Waals surface area contributed by atoms with Crippen LogP contribution in [0.1, 0.15) is 17.0 Å². The largest absolute Gasteiger partial charge is 0.349 e. The highest BCUT2D eigenvalue weighted by atomic mass is 16.1. The maximum atomic E-state index is 12.8. The third-order valence-corrected chi connectivity index (χ3v) is 4.06. The van der Waals surface area contributed by atoms with Gasteiger partial charge >= 0.3 is 0 Å². The summed E-state index contributed by atoms with van der Waals surface area (Å²) in [4.78, 5) is 20.5. The van der Waals surface area contributed by atoms with Crippen LogP contribution in [-0.4, -0.2) is 20.9 Å². The number of nitrogens with zero attached hydrogens (tertiary/aromatic N) is 3. The van der Waals surface area contributed by atoms with E-state index in [1.807, 2.05) is 55.5 Å². The molecule has 5 heteroatoms. The van der Waals surface area contributed by atoms with Crippen molar-refractivity contribution in [3.8, 4) is 0 Å². The number of H-pyrrole nitrogens is 1. The van der Waals surface area contributed by atoms with Gasteiger partial charge in [0.05, 0.1) is 6.21 Å².